The van der Waals surface area contributed by atoms with Crippen molar-refractivity contribution in [1.29, 1.82) is 0 Å². The Labute approximate surface area is 94.1 Å². The summed E-state index contributed by atoms with van der Waals surface area (Å²) in [4.78, 5) is 21.6. The van der Waals surface area contributed by atoms with Crippen LogP contribution < -0.4 is 0 Å². The van der Waals surface area contributed by atoms with Gasteiger partial charge in [-0.1, -0.05) is 6.92 Å². The molecule has 0 N–H and O–H groups in total. The first-order chi connectivity index (χ1) is 5.11. The molecule has 2 atom stereocenters. The zero-order chi connectivity index (χ0) is 8.43. The van der Waals surface area contributed by atoms with Gasteiger partial charge in [-0.2, -0.15) is 0 Å². The Kier molecular flexibility index (Phi) is 5.06. The third kappa shape index (κ3) is 2.88. The molecule has 1 fully saturated rings. The van der Waals surface area contributed by atoms with Crippen molar-refractivity contribution in [3.05, 3.63) is 0 Å². The number of rotatable bonds is 1. The molecule has 0 aromatic carbocycles. The zero-order valence-electron chi connectivity index (χ0n) is 6.79. The summed E-state index contributed by atoms with van der Waals surface area (Å²) in [5, 5.41) is 0. The van der Waals surface area contributed by atoms with Crippen LogP contribution in [0.15, 0.2) is 0 Å². The first-order valence-corrected chi connectivity index (χ1v) is 3.82. The molecule has 0 aromatic heterocycles. The van der Waals surface area contributed by atoms with E-state index in [1.807, 2.05) is 6.92 Å². The number of ketones is 1. The van der Waals surface area contributed by atoms with E-state index in [1.54, 1.807) is 0 Å². The number of Topliss-reactive ketones (excluding diaryl/α,β-unsaturated/α-hetero) is 1. The summed E-state index contributed by atoms with van der Waals surface area (Å²) in [6.45, 7) is 3.20. The molecule has 0 spiro atoms. The maximum absolute atomic E-state index is 11.2. The Morgan fingerprint density at radius 1 is 1.50 bits per heavy atom. The first kappa shape index (κ1) is 12.1. The third-order valence-corrected chi connectivity index (χ3v) is 1.97. The summed E-state index contributed by atoms with van der Waals surface area (Å²) < 4.78 is 4.81. The van der Waals surface area contributed by atoms with E-state index in [0.717, 1.165) is 6.42 Å². The Balaban J connectivity index is 0.00000121. The molecule has 1 rings (SSSR count). The van der Waals surface area contributed by atoms with Crippen molar-refractivity contribution < 1.29 is 14.3 Å². The van der Waals surface area contributed by atoms with E-state index in [9.17, 15) is 9.59 Å². The van der Waals surface area contributed by atoms with Crippen LogP contribution in [-0.2, 0) is 14.3 Å². The summed E-state index contributed by atoms with van der Waals surface area (Å²) in [5.74, 6) is -0.225. The van der Waals surface area contributed by atoms with Gasteiger partial charge in [-0.05, 0) is 12.8 Å². The standard InChI is InChI=1S/C8H12O3.Na.H/c1-5-3-4-7(8(5)10)11-6(2)9;;/h5,7H,3-4H2,1-2H3;;. The molecule has 0 saturated heterocycles. The number of carbonyl (C=O) groups is 2. The van der Waals surface area contributed by atoms with E-state index in [-0.39, 0.29) is 47.2 Å². The molecular formula is C8H13NaO3. The van der Waals surface area contributed by atoms with Gasteiger partial charge >= 0.3 is 35.5 Å². The summed E-state index contributed by atoms with van der Waals surface area (Å²) in [5.41, 5.74) is 0. The topological polar surface area (TPSA) is 43.4 Å². The van der Waals surface area contributed by atoms with Crippen molar-refractivity contribution in [2.75, 3.05) is 0 Å². The quantitative estimate of drug-likeness (QED) is 0.429. The van der Waals surface area contributed by atoms with Crippen LogP contribution in [0, 0.1) is 5.92 Å². The SMILES string of the molecule is CC(=O)OC1CCC(C)C1=O.[NaH]. The Morgan fingerprint density at radius 2 is 2.08 bits per heavy atom. The van der Waals surface area contributed by atoms with Crippen LogP contribution in [0.4, 0.5) is 0 Å². The monoisotopic (exact) mass is 180 g/mol. The molecule has 12 heavy (non-hydrogen) atoms. The van der Waals surface area contributed by atoms with E-state index in [1.165, 1.54) is 6.92 Å². The average molecular weight is 180 g/mol. The molecule has 4 heteroatoms. The van der Waals surface area contributed by atoms with Gasteiger partial charge in [0.2, 0.25) is 0 Å². The molecule has 0 aliphatic heterocycles. The van der Waals surface area contributed by atoms with E-state index >= 15 is 0 Å². The minimum absolute atomic E-state index is 0. The van der Waals surface area contributed by atoms with Gasteiger partial charge in [0.05, 0.1) is 0 Å². The molecule has 0 aromatic rings. The maximum atomic E-state index is 11.2. The van der Waals surface area contributed by atoms with Crippen molar-refractivity contribution in [3.63, 3.8) is 0 Å². The van der Waals surface area contributed by atoms with Gasteiger partial charge in [0, 0.05) is 12.8 Å². The van der Waals surface area contributed by atoms with Crippen LogP contribution >= 0.6 is 0 Å². The molecule has 0 bridgehead atoms. The normalized spacial score (nSPS) is 28.0. The van der Waals surface area contributed by atoms with Crippen LogP contribution in [0.5, 0.6) is 0 Å². The second-order valence-corrected chi connectivity index (χ2v) is 2.98. The summed E-state index contributed by atoms with van der Waals surface area (Å²) in [7, 11) is 0. The van der Waals surface area contributed by atoms with E-state index in [0.29, 0.717) is 6.42 Å². The predicted octanol–water partition coefficient (Wildman–Crippen LogP) is 0.269. The fraction of sp³-hybridized carbons (Fsp3) is 0.750. The summed E-state index contributed by atoms with van der Waals surface area (Å²) in [6, 6.07) is 0. The number of esters is 1. The second-order valence-electron chi connectivity index (χ2n) is 2.98. The van der Waals surface area contributed by atoms with Gasteiger partial charge in [-0.3, -0.25) is 9.59 Å². The molecule has 3 nitrogen and oxygen atoms in total. The fourth-order valence-electron chi connectivity index (χ4n) is 1.32. The second kappa shape index (κ2) is 5.00. The van der Waals surface area contributed by atoms with Crippen molar-refractivity contribution in [1.82, 2.24) is 0 Å². The van der Waals surface area contributed by atoms with Crippen LogP contribution in [0.3, 0.4) is 0 Å². The van der Waals surface area contributed by atoms with Crippen molar-refractivity contribution in [2.45, 2.75) is 32.8 Å². The molecule has 64 valence electrons. The van der Waals surface area contributed by atoms with Crippen molar-refractivity contribution in [2.24, 2.45) is 5.92 Å². The van der Waals surface area contributed by atoms with E-state index in [4.69, 9.17) is 4.74 Å². The Morgan fingerprint density at radius 3 is 2.42 bits per heavy atom. The molecule has 0 heterocycles. The van der Waals surface area contributed by atoms with Gasteiger partial charge in [0.15, 0.2) is 11.9 Å². The number of hydrogen-bond donors (Lipinski definition) is 0. The molecule has 1 aliphatic carbocycles. The molecular weight excluding hydrogens is 167 g/mol. The number of hydrogen-bond acceptors (Lipinski definition) is 3. The molecule has 0 radical (unpaired) electrons. The van der Waals surface area contributed by atoms with Crippen LogP contribution in [0.1, 0.15) is 26.7 Å². The average Bonchev–Trinajstić information content (AvgIpc) is 2.18. The van der Waals surface area contributed by atoms with E-state index < -0.39 is 6.10 Å². The van der Waals surface area contributed by atoms with Crippen LogP contribution in [0.25, 0.3) is 0 Å². The molecule has 2 unspecified atom stereocenters. The van der Waals surface area contributed by atoms with Crippen LogP contribution in [-0.4, -0.2) is 47.4 Å². The summed E-state index contributed by atoms with van der Waals surface area (Å²) in [6.07, 6.45) is 1.08. The Hall–Kier alpha value is 0.140. The van der Waals surface area contributed by atoms with Crippen molar-refractivity contribution in [3.8, 4) is 0 Å². The van der Waals surface area contributed by atoms with Gasteiger partial charge in [-0.15, -0.1) is 0 Å². The first-order valence-electron chi connectivity index (χ1n) is 3.82. The van der Waals surface area contributed by atoms with E-state index in [2.05, 4.69) is 0 Å². The van der Waals surface area contributed by atoms with Crippen LogP contribution in [0.2, 0.25) is 0 Å². The molecule has 1 aliphatic rings. The zero-order valence-corrected chi connectivity index (χ0v) is 6.79. The molecule has 1 saturated carbocycles. The summed E-state index contributed by atoms with van der Waals surface area (Å²) >= 11 is 0. The number of carbonyl (C=O) groups excluding carboxylic acids is 2. The third-order valence-electron chi connectivity index (χ3n) is 1.97. The van der Waals surface area contributed by atoms with Gasteiger partial charge in [-0.25, -0.2) is 0 Å². The minimum atomic E-state index is -0.456. The van der Waals surface area contributed by atoms with Crippen molar-refractivity contribution >= 4 is 41.3 Å². The van der Waals surface area contributed by atoms with Gasteiger partial charge in [0.1, 0.15) is 0 Å². The Bertz CT molecular complexity index is 191. The van der Waals surface area contributed by atoms with Gasteiger partial charge < -0.3 is 4.74 Å². The predicted molar refractivity (Wildman–Crippen MR) is 46.1 cm³/mol. The van der Waals surface area contributed by atoms with Gasteiger partial charge in [0.25, 0.3) is 0 Å². The molecule has 0 amide bonds. The fourth-order valence-corrected chi connectivity index (χ4v) is 1.32. The number of ether oxygens (including phenoxy) is 1.